The van der Waals surface area contributed by atoms with Crippen molar-refractivity contribution in [2.75, 3.05) is 24.5 Å². The van der Waals surface area contributed by atoms with Crippen molar-refractivity contribution >= 4 is 21.6 Å². The van der Waals surface area contributed by atoms with Crippen LogP contribution in [0.1, 0.15) is 5.56 Å². The van der Waals surface area contributed by atoms with Crippen LogP contribution in [0, 0.1) is 6.92 Å². The van der Waals surface area contributed by atoms with Crippen LogP contribution in [0.15, 0.2) is 59.5 Å². The number of aryl methyl sites for hydroxylation is 1. The van der Waals surface area contributed by atoms with E-state index in [4.69, 9.17) is 0 Å². The summed E-state index contributed by atoms with van der Waals surface area (Å²) in [5, 5.41) is 0. The van der Waals surface area contributed by atoms with Gasteiger partial charge in [-0.3, -0.25) is 4.79 Å². The number of para-hydroxylation sites is 1. The largest absolute Gasteiger partial charge is 0.310 e. The van der Waals surface area contributed by atoms with Gasteiger partial charge in [0.2, 0.25) is 15.9 Å². The van der Waals surface area contributed by atoms with Crippen molar-refractivity contribution in [1.29, 1.82) is 0 Å². The lowest BCUT2D eigenvalue weighted by Gasteiger charge is -2.33. The van der Waals surface area contributed by atoms with Gasteiger partial charge in [0.25, 0.3) is 0 Å². The van der Waals surface area contributed by atoms with Gasteiger partial charge in [-0.15, -0.1) is 0 Å². The molecule has 0 N–H and O–H groups in total. The van der Waals surface area contributed by atoms with Crippen LogP contribution in [-0.2, 0) is 14.8 Å². The van der Waals surface area contributed by atoms with Gasteiger partial charge in [-0.25, -0.2) is 8.42 Å². The summed E-state index contributed by atoms with van der Waals surface area (Å²) >= 11 is 0. The van der Waals surface area contributed by atoms with Crippen LogP contribution in [0.2, 0.25) is 0 Å². The van der Waals surface area contributed by atoms with Gasteiger partial charge >= 0.3 is 0 Å². The SMILES string of the molecule is Cc1ccc(S(=O)(=O)N2CCN(c3ccccc3)C(=O)C2)cc1. The monoisotopic (exact) mass is 330 g/mol. The maximum Gasteiger partial charge on any atom is 0.243 e. The normalized spacial score (nSPS) is 16.6. The number of benzene rings is 2. The van der Waals surface area contributed by atoms with Crippen molar-refractivity contribution in [1.82, 2.24) is 4.31 Å². The molecular weight excluding hydrogens is 312 g/mol. The first-order valence-electron chi connectivity index (χ1n) is 7.41. The summed E-state index contributed by atoms with van der Waals surface area (Å²) in [7, 11) is -3.63. The van der Waals surface area contributed by atoms with E-state index in [0.29, 0.717) is 6.54 Å². The topological polar surface area (TPSA) is 57.7 Å². The van der Waals surface area contributed by atoms with Crippen molar-refractivity contribution < 1.29 is 13.2 Å². The molecule has 2 aromatic carbocycles. The number of carbonyl (C=O) groups is 1. The minimum Gasteiger partial charge on any atom is -0.310 e. The molecule has 0 spiro atoms. The van der Waals surface area contributed by atoms with E-state index in [1.807, 2.05) is 37.3 Å². The molecule has 0 bridgehead atoms. The van der Waals surface area contributed by atoms with Crippen molar-refractivity contribution in [3.63, 3.8) is 0 Å². The zero-order chi connectivity index (χ0) is 16.4. The molecule has 23 heavy (non-hydrogen) atoms. The summed E-state index contributed by atoms with van der Waals surface area (Å²) in [6.07, 6.45) is 0. The molecule has 2 aromatic rings. The molecule has 0 aromatic heterocycles. The molecule has 0 unspecified atom stereocenters. The fraction of sp³-hybridized carbons (Fsp3) is 0.235. The van der Waals surface area contributed by atoms with Gasteiger partial charge in [0, 0.05) is 18.8 Å². The third-order valence-corrected chi connectivity index (χ3v) is 5.77. The van der Waals surface area contributed by atoms with Crippen LogP contribution in [0.4, 0.5) is 5.69 Å². The van der Waals surface area contributed by atoms with Crippen molar-refractivity contribution in [3.8, 4) is 0 Å². The number of rotatable bonds is 3. The lowest BCUT2D eigenvalue weighted by atomic mass is 10.2. The Balaban J connectivity index is 1.79. The minimum atomic E-state index is -3.63. The molecule has 6 heteroatoms. The number of piperazine rings is 1. The lowest BCUT2D eigenvalue weighted by molar-refractivity contribution is -0.119. The van der Waals surface area contributed by atoms with E-state index in [-0.39, 0.29) is 23.9 Å². The fourth-order valence-corrected chi connectivity index (χ4v) is 3.98. The summed E-state index contributed by atoms with van der Waals surface area (Å²) in [5.41, 5.74) is 1.79. The van der Waals surface area contributed by atoms with Gasteiger partial charge in [-0.05, 0) is 31.2 Å². The third kappa shape index (κ3) is 3.13. The Morgan fingerprint density at radius 1 is 0.913 bits per heavy atom. The quantitative estimate of drug-likeness (QED) is 0.865. The Morgan fingerprint density at radius 2 is 1.57 bits per heavy atom. The van der Waals surface area contributed by atoms with E-state index in [1.165, 1.54) is 4.31 Å². The zero-order valence-electron chi connectivity index (χ0n) is 12.8. The molecule has 0 saturated carbocycles. The Morgan fingerprint density at radius 3 is 2.17 bits per heavy atom. The summed E-state index contributed by atoms with van der Waals surface area (Å²) in [6, 6.07) is 16.0. The summed E-state index contributed by atoms with van der Waals surface area (Å²) in [4.78, 5) is 14.2. The van der Waals surface area contributed by atoms with Crippen LogP contribution >= 0.6 is 0 Å². The number of nitrogens with zero attached hydrogens (tertiary/aromatic N) is 2. The number of anilines is 1. The van der Waals surface area contributed by atoms with E-state index in [9.17, 15) is 13.2 Å². The smallest absolute Gasteiger partial charge is 0.243 e. The van der Waals surface area contributed by atoms with Gasteiger partial charge in [0.1, 0.15) is 0 Å². The number of sulfonamides is 1. The average Bonchev–Trinajstić information content (AvgIpc) is 2.56. The van der Waals surface area contributed by atoms with Gasteiger partial charge in [-0.2, -0.15) is 4.31 Å². The molecule has 5 nitrogen and oxygen atoms in total. The molecule has 1 saturated heterocycles. The molecule has 0 radical (unpaired) electrons. The second kappa shape index (κ2) is 6.14. The minimum absolute atomic E-state index is 0.134. The highest BCUT2D eigenvalue weighted by Crippen LogP contribution is 2.21. The van der Waals surface area contributed by atoms with Gasteiger partial charge < -0.3 is 4.90 Å². The first-order valence-corrected chi connectivity index (χ1v) is 8.85. The molecule has 1 amide bonds. The number of carbonyl (C=O) groups excluding carboxylic acids is 1. The standard InChI is InChI=1S/C17H18N2O3S/c1-14-7-9-16(10-8-14)23(21,22)18-11-12-19(17(20)13-18)15-5-3-2-4-6-15/h2-10H,11-13H2,1H3. The maximum atomic E-state index is 12.6. The molecule has 1 aliphatic heterocycles. The zero-order valence-corrected chi connectivity index (χ0v) is 13.7. The second-order valence-electron chi connectivity index (χ2n) is 5.53. The van der Waals surface area contributed by atoms with E-state index in [2.05, 4.69) is 0 Å². The van der Waals surface area contributed by atoms with Crippen LogP contribution in [0.5, 0.6) is 0 Å². The van der Waals surface area contributed by atoms with Gasteiger partial charge in [-0.1, -0.05) is 35.9 Å². The van der Waals surface area contributed by atoms with Gasteiger partial charge in [0.15, 0.2) is 0 Å². The fourth-order valence-electron chi connectivity index (χ4n) is 2.60. The van der Waals surface area contributed by atoms with Crippen LogP contribution in [0.3, 0.4) is 0 Å². The highest BCUT2D eigenvalue weighted by atomic mass is 32.2. The second-order valence-corrected chi connectivity index (χ2v) is 7.47. The summed E-state index contributed by atoms with van der Waals surface area (Å²) in [6.45, 7) is 2.41. The van der Waals surface area contributed by atoms with E-state index in [1.54, 1.807) is 29.2 Å². The van der Waals surface area contributed by atoms with Crippen LogP contribution in [0.25, 0.3) is 0 Å². The Labute approximate surface area is 136 Å². The van der Waals surface area contributed by atoms with E-state index in [0.717, 1.165) is 11.3 Å². The first-order chi connectivity index (χ1) is 11.0. The van der Waals surface area contributed by atoms with Gasteiger partial charge in [0.05, 0.1) is 11.4 Å². The molecule has 120 valence electrons. The highest BCUT2D eigenvalue weighted by molar-refractivity contribution is 7.89. The average molecular weight is 330 g/mol. The lowest BCUT2D eigenvalue weighted by Crippen LogP contribution is -2.52. The van der Waals surface area contributed by atoms with Crippen molar-refractivity contribution in [2.24, 2.45) is 0 Å². The number of hydrogen-bond donors (Lipinski definition) is 0. The highest BCUT2D eigenvalue weighted by Gasteiger charge is 2.33. The van der Waals surface area contributed by atoms with Crippen LogP contribution < -0.4 is 4.90 Å². The van der Waals surface area contributed by atoms with Crippen LogP contribution in [-0.4, -0.2) is 38.3 Å². The molecule has 0 atom stereocenters. The third-order valence-electron chi connectivity index (χ3n) is 3.91. The molecule has 3 rings (SSSR count). The number of hydrogen-bond acceptors (Lipinski definition) is 3. The predicted molar refractivity (Wildman–Crippen MR) is 88.7 cm³/mol. The Bertz CT molecular complexity index is 801. The molecular formula is C17H18N2O3S. The maximum absolute atomic E-state index is 12.6. The van der Waals surface area contributed by atoms with E-state index < -0.39 is 10.0 Å². The van der Waals surface area contributed by atoms with Crippen molar-refractivity contribution in [2.45, 2.75) is 11.8 Å². The predicted octanol–water partition coefficient (Wildman–Crippen LogP) is 2.03. The summed E-state index contributed by atoms with van der Waals surface area (Å²) in [5.74, 6) is -0.210. The molecule has 1 heterocycles. The first kappa shape index (κ1) is 15.7. The van der Waals surface area contributed by atoms with Crippen molar-refractivity contribution in [3.05, 3.63) is 60.2 Å². The molecule has 1 fully saturated rings. The molecule has 1 aliphatic rings. The Hall–Kier alpha value is -2.18. The number of amides is 1. The Kier molecular flexibility index (Phi) is 4.19. The summed E-state index contributed by atoms with van der Waals surface area (Å²) < 4.78 is 26.5. The molecule has 0 aliphatic carbocycles. The van der Waals surface area contributed by atoms with E-state index >= 15 is 0 Å².